The van der Waals surface area contributed by atoms with Crippen LogP contribution in [0.4, 0.5) is 0 Å². The molecule has 1 aromatic heterocycles. The van der Waals surface area contributed by atoms with Crippen molar-refractivity contribution in [2.24, 2.45) is 0 Å². The van der Waals surface area contributed by atoms with E-state index in [9.17, 15) is 9.59 Å². The van der Waals surface area contributed by atoms with Gasteiger partial charge in [-0.3, -0.25) is 9.59 Å². The van der Waals surface area contributed by atoms with Gasteiger partial charge in [0, 0.05) is 0 Å². The van der Waals surface area contributed by atoms with Crippen LogP contribution >= 0.6 is 0 Å². The zero-order valence-corrected chi connectivity index (χ0v) is 8.77. The topological polar surface area (TPSA) is 47.3 Å². The monoisotopic (exact) mass is 214 g/mol. The van der Waals surface area contributed by atoms with Gasteiger partial charge in [-0.25, -0.2) is 0 Å². The number of carbonyl (C=O) groups excluding carboxylic acids is 1. The summed E-state index contributed by atoms with van der Waals surface area (Å²) in [7, 11) is 0. The minimum atomic E-state index is -0.126. The molecule has 1 heterocycles. The summed E-state index contributed by atoms with van der Waals surface area (Å²) < 4.78 is 5.29. The summed E-state index contributed by atoms with van der Waals surface area (Å²) in [5, 5.41) is 0.521. The van der Waals surface area contributed by atoms with Gasteiger partial charge in [-0.2, -0.15) is 0 Å². The first-order chi connectivity index (χ1) is 7.68. The normalized spacial score (nSPS) is 11.1. The number of allylic oxidation sites excluding steroid dienone is 1. The van der Waals surface area contributed by atoms with E-state index < -0.39 is 0 Å². The SMILES string of the molecule is CC(=O)/C=C/c1coc2ccccc2c1=O. The van der Waals surface area contributed by atoms with Crippen LogP contribution in [-0.2, 0) is 4.79 Å². The largest absolute Gasteiger partial charge is 0.463 e. The molecule has 80 valence electrons. The average Bonchev–Trinajstić information content (AvgIpc) is 2.28. The maximum atomic E-state index is 11.9. The number of fused-ring (bicyclic) bond motifs is 1. The predicted molar refractivity (Wildman–Crippen MR) is 62.2 cm³/mol. The lowest BCUT2D eigenvalue weighted by molar-refractivity contribution is -0.112. The summed E-state index contributed by atoms with van der Waals surface area (Å²) >= 11 is 0. The van der Waals surface area contributed by atoms with Gasteiger partial charge in [-0.15, -0.1) is 0 Å². The molecule has 0 atom stereocenters. The Morgan fingerprint density at radius 3 is 2.81 bits per heavy atom. The number of hydrogen-bond acceptors (Lipinski definition) is 3. The van der Waals surface area contributed by atoms with Crippen molar-refractivity contribution < 1.29 is 9.21 Å². The van der Waals surface area contributed by atoms with Crippen LogP contribution in [0.15, 0.2) is 45.8 Å². The predicted octanol–water partition coefficient (Wildman–Crippen LogP) is 2.40. The van der Waals surface area contributed by atoms with E-state index in [0.29, 0.717) is 16.5 Å². The lowest BCUT2D eigenvalue weighted by Gasteiger charge is -1.96. The molecule has 2 rings (SSSR count). The molecular formula is C13H10O3. The second kappa shape index (κ2) is 4.14. The molecule has 0 unspecified atom stereocenters. The van der Waals surface area contributed by atoms with Crippen molar-refractivity contribution in [3.63, 3.8) is 0 Å². The van der Waals surface area contributed by atoms with Crippen molar-refractivity contribution in [1.82, 2.24) is 0 Å². The van der Waals surface area contributed by atoms with Crippen LogP contribution in [0.5, 0.6) is 0 Å². The Bertz CT molecular complexity index is 620. The lowest BCUT2D eigenvalue weighted by Crippen LogP contribution is -2.04. The Balaban J connectivity index is 2.61. The van der Waals surface area contributed by atoms with Crippen LogP contribution in [0.1, 0.15) is 12.5 Å². The van der Waals surface area contributed by atoms with E-state index in [1.165, 1.54) is 25.3 Å². The number of para-hydroxylation sites is 1. The third-order valence-electron chi connectivity index (χ3n) is 2.20. The highest BCUT2D eigenvalue weighted by Crippen LogP contribution is 2.10. The number of benzene rings is 1. The molecule has 0 N–H and O–H groups in total. The molecule has 0 radical (unpaired) electrons. The summed E-state index contributed by atoms with van der Waals surface area (Å²) in [6.07, 6.45) is 4.19. The van der Waals surface area contributed by atoms with Gasteiger partial charge in [-0.05, 0) is 31.2 Å². The Morgan fingerprint density at radius 1 is 1.31 bits per heavy atom. The zero-order chi connectivity index (χ0) is 11.5. The van der Waals surface area contributed by atoms with Crippen LogP contribution in [0, 0.1) is 0 Å². The first kappa shape index (κ1) is 10.4. The molecule has 3 nitrogen and oxygen atoms in total. The van der Waals surface area contributed by atoms with Crippen LogP contribution in [0.2, 0.25) is 0 Å². The van der Waals surface area contributed by atoms with Gasteiger partial charge < -0.3 is 4.42 Å². The van der Waals surface area contributed by atoms with E-state index in [-0.39, 0.29) is 11.2 Å². The number of ketones is 1. The second-order valence-corrected chi connectivity index (χ2v) is 3.46. The quantitative estimate of drug-likeness (QED) is 0.721. The van der Waals surface area contributed by atoms with E-state index >= 15 is 0 Å². The molecule has 0 spiro atoms. The van der Waals surface area contributed by atoms with Crippen LogP contribution in [0.3, 0.4) is 0 Å². The molecule has 0 aliphatic rings. The van der Waals surface area contributed by atoms with Crippen molar-refractivity contribution in [2.45, 2.75) is 6.92 Å². The van der Waals surface area contributed by atoms with E-state index in [0.717, 1.165) is 0 Å². The first-order valence-electron chi connectivity index (χ1n) is 4.87. The van der Waals surface area contributed by atoms with Crippen molar-refractivity contribution >= 4 is 22.8 Å². The average molecular weight is 214 g/mol. The Morgan fingerprint density at radius 2 is 2.06 bits per heavy atom. The summed E-state index contributed by atoms with van der Waals surface area (Å²) in [6, 6.07) is 7.01. The molecule has 2 aromatic rings. The molecule has 16 heavy (non-hydrogen) atoms. The van der Waals surface area contributed by atoms with Gasteiger partial charge >= 0.3 is 0 Å². The fourth-order valence-corrected chi connectivity index (χ4v) is 1.42. The van der Waals surface area contributed by atoms with E-state index in [1.807, 2.05) is 0 Å². The number of rotatable bonds is 2. The Labute approximate surface area is 92.0 Å². The maximum Gasteiger partial charge on any atom is 0.199 e. The van der Waals surface area contributed by atoms with Crippen LogP contribution in [-0.4, -0.2) is 5.78 Å². The molecular weight excluding hydrogens is 204 g/mol. The second-order valence-electron chi connectivity index (χ2n) is 3.46. The van der Waals surface area contributed by atoms with Crippen molar-refractivity contribution in [3.05, 3.63) is 52.4 Å². The van der Waals surface area contributed by atoms with E-state index in [4.69, 9.17) is 4.42 Å². The highest BCUT2D eigenvalue weighted by molar-refractivity contribution is 5.92. The highest BCUT2D eigenvalue weighted by atomic mass is 16.3. The van der Waals surface area contributed by atoms with Crippen molar-refractivity contribution in [1.29, 1.82) is 0 Å². The van der Waals surface area contributed by atoms with Crippen molar-refractivity contribution in [3.8, 4) is 0 Å². The minimum absolute atomic E-state index is 0.104. The Hall–Kier alpha value is -2.16. The fourth-order valence-electron chi connectivity index (χ4n) is 1.42. The van der Waals surface area contributed by atoms with Crippen LogP contribution in [0.25, 0.3) is 17.0 Å². The lowest BCUT2D eigenvalue weighted by atomic mass is 10.1. The third kappa shape index (κ3) is 1.93. The molecule has 0 amide bonds. The molecule has 0 fully saturated rings. The van der Waals surface area contributed by atoms with Gasteiger partial charge in [0.15, 0.2) is 11.2 Å². The summed E-state index contributed by atoms with van der Waals surface area (Å²) in [4.78, 5) is 22.7. The maximum absolute atomic E-state index is 11.9. The molecule has 0 aliphatic heterocycles. The van der Waals surface area contributed by atoms with Crippen LogP contribution < -0.4 is 5.43 Å². The Kier molecular flexibility index (Phi) is 2.68. The molecule has 0 saturated carbocycles. The molecule has 0 saturated heterocycles. The minimum Gasteiger partial charge on any atom is -0.463 e. The van der Waals surface area contributed by atoms with E-state index in [2.05, 4.69) is 0 Å². The smallest absolute Gasteiger partial charge is 0.199 e. The van der Waals surface area contributed by atoms with Gasteiger partial charge in [0.05, 0.1) is 10.9 Å². The summed E-state index contributed by atoms with van der Waals surface area (Å²) in [5.74, 6) is -0.104. The molecule has 0 aliphatic carbocycles. The number of hydrogen-bond donors (Lipinski definition) is 0. The highest BCUT2D eigenvalue weighted by Gasteiger charge is 2.03. The van der Waals surface area contributed by atoms with Gasteiger partial charge in [-0.1, -0.05) is 12.1 Å². The third-order valence-corrected chi connectivity index (χ3v) is 2.20. The van der Waals surface area contributed by atoms with Gasteiger partial charge in [0.1, 0.15) is 11.8 Å². The summed E-state index contributed by atoms with van der Waals surface area (Å²) in [6.45, 7) is 1.43. The summed E-state index contributed by atoms with van der Waals surface area (Å²) in [5.41, 5.74) is 0.806. The van der Waals surface area contributed by atoms with Gasteiger partial charge in [0.25, 0.3) is 0 Å². The fraction of sp³-hybridized carbons (Fsp3) is 0.0769. The van der Waals surface area contributed by atoms with Gasteiger partial charge in [0.2, 0.25) is 0 Å². The zero-order valence-electron chi connectivity index (χ0n) is 8.77. The van der Waals surface area contributed by atoms with E-state index in [1.54, 1.807) is 24.3 Å². The first-order valence-corrected chi connectivity index (χ1v) is 4.87. The number of carbonyl (C=O) groups is 1. The molecule has 0 bridgehead atoms. The molecule has 3 heteroatoms. The standard InChI is InChI=1S/C13H10O3/c1-9(14)6-7-10-8-16-12-5-3-2-4-11(12)13(10)15/h2-8H,1H3/b7-6+. The van der Waals surface area contributed by atoms with Crippen molar-refractivity contribution in [2.75, 3.05) is 0 Å². The molecule has 1 aromatic carbocycles.